The Morgan fingerprint density at radius 1 is 1.05 bits per heavy atom. The average molecular weight is 622 g/mol. The van der Waals surface area contributed by atoms with Gasteiger partial charge < -0.3 is 14.2 Å². The number of hydrogen-bond acceptors (Lipinski definition) is 6. The van der Waals surface area contributed by atoms with Crippen molar-refractivity contribution in [3.05, 3.63) is 81.6 Å². The molecule has 3 aromatic rings. The number of carbonyl (C=O) groups is 1. The molecule has 0 bridgehead atoms. The fourth-order valence-corrected chi connectivity index (χ4v) is 4.93. The number of rotatable bonds is 11. The van der Waals surface area contributed by atoms with Crippen LogP contribution in [0.5, 0.6) is 11.5 Å². The SMILES string of the molecule is O=C(OC[C@@H](Cc1c(Cl)cncc1Cl)c1ccc(OC(F)F)c(OCC2CC2)c1)Sc1cccc(C(F)(F)F)c1. The lowest BCUT2D eigenvalue weighted by atomic mass is 9.92. The molecule has 13 heteroatoms. The molecule has 40 heavy (non-hydrogen) atoms. The van der Waals surface area contributed by atoms with Crippen molar-refractivity contribution in [2.24, 2.45) is 5.92 Å². The maximum Gasteiger partial charge on any atom is 0.416 e. The number of benzene rings is 2. The summed E-state index contributed by atoms with van der Waals surface area (Å²) in [6.45, 7) is -2.96. The summed E-state index contributed by atoms with van der Waals surface area (Å²) < 4.78 is 80.9. The van der Waals surface area contributed by atoms with Crippen LogP contribution in [0.1, 0.15) is 35.4 Å². The first-order valence-corrected chi connectivity index (χ1v) is 13.6. The number of thioether (sulfide) groups is 1. The summed E-state index contributed by atoms with van der Waals surface area (Å²) in [5.41, 5.74) is 0.168. The number of pyridine rings is 1. The van der Waals surface area contributed by atoms with E-state index in [1.807, 2.05) is 0 Å². The molecule has 1 atom stereocenters. The molecule has 1 heterocycles. The summed E-state index contributed by atoms with van der Waals surface area (Å²) in [4.78, 5) is 16.6. The van der Waals surface area contributed by atoms with Crippen molar-refractivity contribution in [3.63, 3.8) is 0 Å². The van der Waals surface area contributed by atoms with Gasteiger partial charge in [-0.2, -0.15) is 22.0 Å². The molecule has 1 fully saturated rings. The molecule has 4 rings (SSSR count). The van der Waals surface area contributed by atoms with Crippen molar-refractivity contribution in [2.75, 3.05) is 13.2 Å². The highest BCUT2D eigenvalue weighted by Gasteiger charge is 2.31. The van der Waals surface area contributed by atoms with Crippen LogP contribution in [0.15, 0.2) is 59.8 Å². The normalized spacial score (nSPS) is 14.2. The van der Waals surface area contributed by atoms with Gasteiger partial charge in [0.05, 0.1) is 28.8 Å². The van der Waals surface area contributed by atoms with Crippen molar-refractivity contribution < 1.29 is 41.0 Å². The first kappa shape index (κ1) is 30.2. The van der Waals surface area contributed by atoms with Gasteiger partial charge in [0.2, 0.25) is 0 Å². The molecule has 0 N–H and O–H groups in total. The Morgan fingerprint density at radius 2 is 1.77 bits per heavy atom. The third kappa shape index (κ3) is 8.62. The van der Waals surface area contributed by atoms with Crippen LogP contribution in [0.2, 0.25) is 10.0 Å². The van der Waals surface area contributed by atoms with E-state index in [-0.39, 0.29) is 39.5 Å². The lowest BCUT2D eigenvalue weighted by Crippen LogP contribution is -2.14. The van der Waals surface area contributed by atoms with Gasteiger partial charge in [-0.15, -0.1) is 0 Å². The standard InChI is InChI=1S/C27H22Cl2F5NO4S/c28-21-11-35-12-22(29)20(21)8-17(14-38-26(36)40-19-3-1-2-18(10-19)27(32,33)34)16-6-7-23(39-25(30)31)24(9-16)37-13-15-4-5-15/h1-3,6-7,9-12,15,17,25H,4-5,8,13-14H2/t17-/m1/s1. The Labute approximate surface area is 240 Å². The minimum Gasteiger partial charge on any atom is -0.489 e. The summed E-state index contributed by atoms with van der Waals surface area (Å²) in [6.07, 6.45) is 0.364. The average Bonchev–Trinajstić information content (AvgIpc) is 3.71. The fourth-order valence-electron chi connectivity index (χ4n) is 3.76. The second-order valence-corrected chi connectivity index (χ2v) is 10.8. The molecule has 0 spiro atoms. The van der Waals surface area contributed by atoms with E-state index < -0.39 is 29.6 Å². The Kier molecular flexibility index (Phi) is 10.0. The molecule has 0 amide bonds. The Hall–Kier alpha value is -2.76. The van der Waals surface area contributed by atoms with Crippen LogP contribution >= 0.6 is 35.0 Å². The Morgan fingerprint density at radius 3 is 2.42 bits per heavy atom. The molecule has 0 aliphatic heterocycles. The number of nitrogens with zero attached hydrogens (tertiary/aromatic N) is 1. The molecule has 1 aromatic heterocycles. The van der Waals surface area contributed by atoms with Crippen LogP contribution in [-0.4, -0.2) is 30.1 Å². The molecule has 0 saturated heterocycles. The van der Waals surface area contributed by atoms with Crippen LogP contribution in [0.25, 0.3) is 0 Å². The van der Waals surface area contributed by atoms with Crippen molar-refractivity contribution in [1.82, 2.24) is 4.98 Å². The molecular formula is C27H22Cl2F5NO4S. The number of halogens is 7. The van der Waals surface area contributed by atoms with E-state index in [0.717, 1.165) is 25.0 Å². The Balaban J connectivity index is 1.56. The van der Waals surface area contributed by atoms with Gasteiger partial charge in [0.25, 0.3) is 0 Å². The lowest BCUT2D eigenvalue weighted by Gasteiger charge is -2.21. The van der Waals surface area contributed by atoms with E-state index in [2.05, 4.69) is 9.72 Å². The summed E-state index contributed by atoms with van der Waals surface area (Å²) >= 11 is 13.1. The molecular weight excluding hydrogens is 600 g/mol. The monoisotopic (exact) mass is 621 g/mol. The summed E-state index contributed by atoms with van der Waals surface area (Å²) in [7, 11) is 0. The van der Waals surface area contributed by atoms with Crippen LogP contribution in [0, 0.1) is 5.92 Å². The van der Waals surface area contributed by atoms with Crippen molar-refractivity contribution in [1.29, 1.82) is 0 Å². The number of ether oxygens (including phenoxy) is 3. The van der Waals surface area contributed by atoms with Gasteiger partial charge >= 0.3 is 18.1 Å². The van der Waals surface area contributed by atoms with E-state index in [0.29, 0.717) is 35.4 Å². The van der Waals surface area contributed by atoms with Crippen molar-refractivity contribution in [2.45, 2.75) is 42.9 Å². The van der Waals surface area contributed by atoms with Gasteiger partial charge in [0.15, 0.2) is 11.5 Å². The van der Waals surface area contributed by atoms with Gasteiger partial charge in [-0.25, -0.2) is 4.79 Å². The molecule has 2 aromatic carbocycles. The van der Waals surface area contributed by atoms with E-state index in [1.54, 1.807) is 0 Å². The quantitative estimate of drug-likeness (QED) is 0.121. The second-order valence-electron chi connectivity index (χ2n) is 9.01. The van der Waals surface area contributed by atoms with Gasteiger partial charge in [0, 0.05) is 23.2 Å². The number of aromatic nitrogens is 1. The van der Waals surface area contributed by atoms with E-state index in [1.165, 1.54) is 42.7 Å². The van der Waals surface area contributed by atoms with Crippen molar-refractivity contribution in [3.8, 4) is 11.5 Å². The van der Waals surface area contributed by atoms with E-state index >= 15 is 0 Å². The number of carbonyl (C=O) groups excluding carboxylic acids is 1. The van der Waals surface area contributed by atoms with Gasteiger partial charge in [-0.3, -0.25) is 4.98 Å². The predicted molar refractivity (Wildman–Crippen MR) is 141 cm³/mol. The molecule has 5 nitrogen and oxygen atoms in total. The lowest BCUT2D eigenvalue weighted by molar-refractivity contribution is -0.137. The summed E-state index contributed by atoms with van der Waals surface area (Å²) in [6, 6.07) is 8.71. The first-order valence-electron chi connectivity index (χ1n) is 12.0. The van der Waals surface area contributed by atoms with E-state index in [4.69, 9.17) is 32.7 Å². The molecule has 1 saturated carbocycles. The highest BCUT2D eigenvalue weighted by atomic mass is 35.5. The zero-order chi connectivity index (χ0) is 28.9. The summed E-state index contributed by atoms with van der Waals surface area (Å²) in [5.74, 6) is -0.295. The van der Waals surface area contributed by atoms with E-state index in [9.17, 15) is 26.7 Å². The minimum absolute atomic E-state index is 0.0564. The Bertz CT molecular complexity index is 1320. The number of alkyl halides is 5. The summed E-state index contributed by atoms with van der Waals surface area (Å²) in [5, 5.41) is -0.297. The maximum absolute atomic E-state index is 13.0. The molecule has 0 unspecified atom stereocenters. The van der Waals surface area contributed by atoms with Crippen LogP contribution in [0.4, 0.5) is 26.7 Å². The van der Waals surface area contributed by atoms with Gasteiger partial charge in [-0.1, -0.05) is 35.3 Å². The third-order valence-corrected chi connectivity index (χ3v) is 7.42. The third-order valence-electron chi connectivity index (χ3n) is 5.99. The van der Waals surface area contributed by atoms with Crippen LogP contribution in [0.3, 0.4) is 0 Å². The molecule has 1 aliphatic rings. The second kappa shape index (κ2) is 13.3. The zero-order valence-electron chi connectivity index (χ0n) is 20.6. The maximum atomic E-state index is 13.0. The largest absolute Gasteiger partial charge is 0.489 e. The fraction of sp³-hybridized carbons (Fsp3) is 0.333. The molecule has 1 aliphatic carbocycles. The van der Waals surface area contributed by atoms with Gasteiger partial charge in [0.1, 0.15) is 0 Å². The minimum atomic E-state index is -4.56. The van der Waals surface area contributed by atoms with Gasteiger partial charge in [-0.05, 0) is 78.4 Å². The van der Waals surface area contributed by atoms with Crippen LogP contribution < -0.4 is 9.47 Å². The smallest absolute Gasteiger partial charge is 0.416 e. The first-order chi connectivity index (χ1) is 19.0. The highest BCUT2D eigenvalue weighted by molar-refractivity contribution is 8.13. The predicted octanol–water partition coefficient (Wildman–Crippen LogP) is 9.05. The molecule has 0 radical (unpaired) electrons. The highest BCUT2D eigenvalue weighted by Crippen LogP contribution is 2.38. The van der Waals surface area contributed by atoms with Crippen molar-refractivity contribution >= 4 is 40.3 Å². The topological polar surface area (TPSA) is 57.7 Å². The van der Waals surface area contributed by atoms with Crippen LogP contribution in [-0.2, 0) is 17.3 Å². The molecule has 214 valence electrons. The zero-order valence-corrected chi connectivity index (χ0v) is 22.9. The number of hydrogen-bond donors (Lipinski definition) is 0.